The van der Waals surface area contributed by atoms with Crippen molar-refractivity contribution in [1.29, 1.82) is 0 Å². The number of anilines is 1. The van der Waals surface area contributed by atoms with E-state index in [9.17, 15) is 4.79 Å². The van der Waals surface area contributed by atoms with Crippen LogP contribution >= 0.6 is 0 Å². The number of amides is 1. The molecular formula is C21H19N3O2. The molecule has 0 spiro atoms. The molecule has 5 heteroatoms. The van der Waals surface area contributed by atoms with E-state index in [0.29, 0.717) is 34.4 Å². The van der Waals surface area contributed by atoms with Crippen molar-refractivity contribution in [3.05, 3.63) is 77.9 Å². The molecule has 1 heterocycles. The Morgan fingerprint density at radius 2 is 1.81 bits per heavy atom. The number of para-hydroxylation sites is 3. The maximum Gasteiger partial charge on any atom is 0.259 e. The molecule has 1 N–H and O–H groups in total. The van der Waals surface area contributed by atoms with Crippen molar-refractivity contribution < 1.29 is 9.53 Å². The third-order valence-electron chi connectivity index (χ3n) is 4.29. The second kappa shape index (κ2) is 6.96. The van der Waals surface area contributed by atoms with Gasteiger partial charge < -0.3 is 10.1 Å². The summed E-state index contributed by atoms with van der Waals surface area (Å²) in [5.74, 6) is 2.36. The van der Waals surface area contributed by atoms with Gasteiger partial charge in [-0.25, -0.2) is 9.97 Å². The van der Waals surface area contributed by atoms with E-state index in [1.165, 1.54) is 0 Å². The van der Waals surface area contributed by atoms with Gasteiger partial charge in [-0.15, -0.1) is 0 Å². The average molecular weight is 345 g/mol. The third-order valence-corrected chi connectivity index (χ3v) is 4.29. The Kier molecular flexibility index (Phi) is 4.35. The van der Waals surface area contributed by atoms with Gasteiger partial charge in [0.1, 0.15) is 11.6 Å². The van der Waals surface area contributed by atoms with Crippen molar-refractivity contribution in [2.45, 2.75) is 25.7 Å². The van der Waals surface area contributed by atoms with Crippen LogP contribution in [0.25, 0.3) is 0 Å². The first-order chi connectivity index (χ1) is 12.7. The smallest absolute Gasteiger partial charge is 0.259 e. The zero-order chi connectivity index (χ0) is 17.9. The van der Waals surface area contributed by atoms with Gasteiger partial charge in [0, 0.05) is 12.1 Å². The Balaban J connectivity index is 1.54. The molecule has 1 amide bonds. The lowest BCUT2D eigenvalue weighted by atomic mass is 10.2. The number of nitrogens with zero attached hydrogens (tertiary/aromatic N) is 2. The molecule has 0 unspecified atom stereocenters. The molecule has 26 heavy (non-hydrogen) atoms. The Bertz CT molecular complexity index is 937. The fraction of sp³-hybridized carbons (Fsp3) is 0.190. The molecule has 0 saturated heterocycles. The molecule has 1 aliphatic rings. The molecule has 130 valence electrons. The first-order valence-electron chi connectivity index (χ1n) is 8.67. The molecule has 0 aliphatic heterocycles. The average Bonchev–Trinajstić information content (AvgIpc) is 3.49. The number of hydrogen-bond acceptors (Lipinski definition) is 4. The minimum absolute atomic E-state index is 0.242. The van der Waals surface area contributed by atoms with Crippen LogP contribution in [0.1, 0.15) is 40.6 Å². The van der Waals surface area contributed by atoms with Gasteiger partial charge in [-0.05, 0) is 44.0 Å². The van der Waals surface area contributed by atoms with Crippen molar-refractivity contribution in [3.8, 4) is 11.5 Å². The second-order valence-corrected chi connectivity index (χ2v) is 6.37. The molecule has 0 atom stereocenters. The number of rotatable bonds is 5. The Labute approximate surface area is 152 Å². The van der Waals surface area contributed by atoms with Crippen LogP contribution in [-0.2, 0) is 0 Å². The molecule has 0 radical (unpaired) electrons. The molecule has 2 aromatic carbocycles. The van der Waals surface area contributed by atoms with Crippen LogP contribution in [0, 0.1) is 6.92 Å². The summed E-state index contributed by atoms with van der Waals surface area (Å²) in [5.41, 5.74) is 1.77. The Hall–Kier alpha value is -3.21. The van der Waals surface area contributed by atoms with Gasteiger partial charge >= 0.3 is 0 Å². The topological polar surface area (TPSA) is 64.1 Å². The number of hydrogen-bond donors (Lipinski definition) is 1. The van der Waals surface area contributed by atoms with Crippen molar-refractivity contribution >= 4 is 11.6 Å². The number of aromatic nitrogens is 2. The van der Waals surface area contributed by atoms with Gasteiger partial charge in [-0.1, -0.05) is 30.3 Å². The largest absolute Gasteiger partial charge is 0.455 e. The highest BCUT2D eigenvalue weighted by Gasteiger charge is 2.27. The minimum Gasteiger partial charge on any atom is -0.455 e. The Morgan fingerprint density at radius 1 is 1.08 bits per heavy atom. The zero-order valence-corrected chi connectivity index (χ0v) is 14.5. The van der Waals surface area contributed by atoms with Gasteiger partial charge in [0.25, 0.3) is 5.91 Å². The predicted octanol–water partition coefficient (Wildman–Crippen LogP) is 4.71. The normalized spacial score (nSPS) is 13.3. The fourth-order valence-electron chi connectivity index (χ4n) is 2.71. The van der Waals surface area contributed by atoms with Crippen LogP contribution in [0.15, 0.2) is 60.8 Å². The van der Waals surface area contributed by atoms with E-state index in [4.69, 9.17) is 4.74 Å². The van der Waals surface area contributed by atoms with Crippen molar-refractivity contribution in [3.63, 3.8) is 0 Å². The monoisotopic (exact) mass is 345 g/mol. The number of aryl methyl sites for hydroxylation is 1. The summed E-state index contributed by atoms with van der Waals surface area (Å²) in [5, 5.41) is 2.91. The van der Waals surface area contributed by atoms with Gasteiger partial charge in [0.05, 0.1) is 16.9 Å². The summed E-state index contributed by atoms with van der Waals surface area (Å²) >= 11 is 0. The summed E-state index contributed by atoms with van der Waals surface area (Å²) in [4.78, 5) is 21.5. The van der Waals surface area contributed by atoms with Gasteiger partial charge in [0.2, 0.25) is 0 Å². The highest BCUT2D eigenvalue weighted by molar-refractivity contribution is 6.05. The van der Waals surface area contributed by atoms with E-state index in [1.54, 1.807) is 6.20 Å². The molecular weight excluding hydrogens is 326 g/mol. The van der Waals surface area contributed by atoms with Crippen LogP contribution in [0.2, 0.25) is 0 Å². The summed E-state index contributed by atoms with van der Waals surface area (Å²) in [6.45, 7) is 1.84. The highest BCUT2D eigenvalue weighted by Crippen LogP contribution is 2.38. The lowest BCUT2D eigenvalue weighted by Crippen LogP contribution is -2.16. The first-order valence-corrected chi connectivity index (χ1v) is 8.67. The summed E-state index contributed by atoms with van der Waals surface area (Å²) in [7, 11) is 0. The lowest BCUT2D eigenvalue weighted by Gasteiger charge is -2.13. The van der Waals surface area contributed by atoms with Crippen LogP contribution in [-0.4, -0.2) is 15.9 Å². The zero-order valence-electron chi connectivity index (χ0n) is 14.5. The molecule has 0 bridgehead atoms. The third kappa shape index (κ3) is 3.57. The van der Waals surface area contributed by atoms with Gasteiger partial charge in [-0.3, -0.25) is 4.79 Å². The van der Waals surface area contributed by atoms with E-state index in [-0.39, 0.29) is 5.91 Å². The van der Waals surface area contributed by atoms with Crippen LogP contribution in [0.5, 0.6) is 11.5 Å². The first kappa shape index (κ1) is 16.3. The molecule has 1 aliphatic carbocycles. The number of nitrogens with one attached hydrogen (secondary N) is 1. The van der Waals surface area contributed by atoms with Crippen LogP contribution in [0.4, 0.5) is 5.69 Å². The van der Waals surface area contributed by atoms with Crippen LogP contribution < -0.4 is 10.1 Å². The fourth-order valence-corrected chi connectivity index (χ4v) is 2.71. The molecule has 5 nitrogen and oxygen atoms in total. The lowest BCUT2D eigenvalue weighted by molar-refractivity contribution is 0.102. The predicted molar refractivity (Wildman–Crippen MR) is 99.7 cm³/mol. The Morgan fingerprint density at radius 3 is 2.54 bits per heavy atom. The second-order valence-electron chi connectivity index (χ2n) is 6.37. The van der Waals surface area contributed by atoms with Gasteiger partial charge in [-0.2, -0.15) is 0 Å². The SMILES string of the molecule is Cc1nc(C2CC2)ncc1C(=O)Nc1ccccc1Oc1ccccc1. The van der Waals surface area contributed by atoms with E-state index in [0.717, 1.165) is 18.7 Å². The quantitative estimate of drug-likeness (QED) is 0.727. The summed E-state index contributed by atoms with van der Waals surface area (Å²) in [6.07, 6.45) is 3.89. The van der Waals surface area contributed by atoms with E-state index in [2.05, 4.69) is 15.3 Å². The highest BCUT2D eigenvalue weighted by atomic mass is 16.5. The van der Waals surface area contributed by atoms with Crippen molar-refractivity contribution in [2.24, 2.45) is 0 Å². The molecule has 3 aromatic rings. The summed E-state index contributed by atoms with van der Waals surface area (Å²) in [6, 6.07) is 16.8. The number of ether oxygens (including phenoxy) is 1. The number of carbonyl (C=O) groups excluding carboxylic acids is 1. The van der Waals surface area contributed by atoms with Gasteiger partial charge in [0.15, 0.2) is 5.75 Å². The maximum absolute atomic E-state index is 12.7. The minimum atomic E-state index is -0.242. The van der Waals surface area contributed by atoms with E-state index < -0.39 is 0 Å². The standard InChI is InChI=1S/C21H19N3O2/c1-14-17(13-22-20(23-14)15-11-12-15)21(25)24-18-9-5-6-10-19(18)26-16-7-3-2-4-8-16/h2-10,13,15H,11-12H2,1H3,(H,24,25). The number of benzene rings is 2. The van der Waals surface area contributed by atoms with E-state index >= 15 is 0 Å². The van der Waals surface area contributed by atoms with Crippen molar-refractivity contribution in [1.82, 2.24) is 9.97 Å². The summed E-state index contributed by atoms with van der Waals surface area (Å²) < 4.78 is 5.89. The number of carbonyl (C=O) groups is 1. The molecule has 1 aromatic heterocycles. The molecule has 1 saturated carbocycles. The maximum atomic E-state index is 12.7. The molecule has 4 rings (SSSR count). The molecule has 1 fully saturated rings. The van der Waals surface area contributed by atoms with Crippen molar-refractivity contribution in [2.75, 3.05) is 5.32 Å². The van der Waals surface area contributed by atoms with E-state index in [1.807, 2.05) is 61.5 Å². The van der Waals surface area contributed by atoms with Crippen LogP contribution in [0.3, 0.4) is 0 Å².